The summed E-state index contributed by atoms with van der Waals surface area (Å²) in [6.07, 6.45) is 3.22. The normalized spacial score (nSPS) is 10.8. The molecule has 0 unspecified atom stereocenters. The zero-order valence-corrected chi connectivity index (χ0v) is 12.1. The van der Waals surface area contributed by atoms with Gasteiger partial charge in [-0.15, -0.1) is 0 Å². The van der Waals surface area contributed by atoms with Gasteiger partial charge in [-0.3, -0.25) is 4.98 Å². The molecule has 0 radical (unpaired) electrons. The van der Waals surface area contributed by atoms with E-state index in [1.807, 2.05) is 0 Å². The Bertz CT molecular complexity index is 851. The van der Waals surface area contributed by atoms with Crippen LogP contribution in [0.1, 0.15) is 10.4 Å². The van der Waals surface area contributed by atoms with E-state index >= 15 is 0 Å². The minimum Gasteiger partial charge on any atom is -0.478 e. The lowest BCUT2D eigenvalue weighted by molar-refractivity contribution is 0.0699. The van der Waals surface area contributed by atoms with Gasteiger partial charge in [0.1, 0.15) is 0 Å². The van der Waals surface area contributed by atoms with Crippen LogP contribution in [0.25, 0.3) is 22.2 Å². The lowest BCUT2D eigenvalue weighted by Crippen LogP contribution is -2.00. The molecule has 0 saturated heterocycles. The van der Waals surface area contributed by atoms with Gasteiger partial charge in [-0.2, -0.15) is 0 Å². The Morgan fingerprint density at radius 2 is 1.81 bits per heavy atom. The summed E-state index contributed by atoms with van der Waals surface area (Å²) >= 11 is 12.2. The first-order valence-electron chi connectivity index (χ1n) is 6.00. The van der Waals surface area contributed by atoms with Gasteiger partial charge in [0, 0.05) is 23.3 Å². The minimum absolute atomic E-state index is 0.130. The van der Waals surface area contributed by atoms with Gasteiger partial charge in [0.25, 0.3) is 0 Å². The molecular formula is C15H8Cl2N2O2. The Balaban J connectivity index is 2.39. The number of carboxylic acid groups (broad SMARTS) is 1. The van der Waals surface area contributed by atoms with E-state index in [-0.39, 0.29) is 10.6 Å². The second kappa shape index (κ2) is 5.31. The zero-order chi connectivity index (χ0) is 15.0. The Morgan fingerprint density at radius 3 is 2.48 bits per heavy atom. The number of rotatable bonds is 2. The van der Waals surface area contributed by atoms with Crippen LogP contribution in [0.2, 0.25) is 10.0 Å². The summed E-state index contributed by atoms with van der Waals surface area (Å²) < 4.78 is 0. The summed E-state index contributed by atoms with van der Waals surface area (Å²) in [6, 6.07) is 8.18. The number of aromatic carboxylic acids is 1. The maximum Gasteiger partial charge on any atom is 0.336 e. The smallest absolute Gasteiger partial charge is 0.336 e. The molecule has 0 amide bonds. The molecule has 0 bridgehead atoms. The average Bonchev–Trinajstić information content (AvgIpc) is 2.51. The van der Waals surface area contributed by atoms with Crippen molar-refractivity contribution in [2.45, 2.75) is 0 Å². The Morgan fingerprint density at radius 1 is 1.10 bits per heavy atom. The quantitative estimate of drug-likeness (QED) is 0.765. The van der Waals surface area contributed by atoms with Gasteiger partial charge >= 0.3 is 5.97 Å². The molecule has 1 aromatic carbocycles. The third kappa shape index (κ3) is 2.44. The highest BCUT2D eigenvalue weighted by molar-refractivity contribution is 6.45. The van der Waals surface area contributed by atoms with E-state index in [4.69, 9.17) is 23.2 Å². The van der Waals surface area contributed by atoms with Gasteiger partial charge in [0.15, 0.2) is 0 Å². The monoisotopic (exact) mass is 318 g/mol. The summed E-state index contributed by atoms with van der Waals surface area (Å²) in [7, 11) is 0. The van der Waals surface area contributed by atoms with Crippen molar-refractivity contribution in [2.24, 2.45) is 0 Å². The van der Waals surface area contributed by atoms with Crippen LogP contribution in [0.5, 0.6) is 0 Å². The zero-order valence-electron chi connectivity index (χ0n) is 10.5. The molecule has 0 atom stereocenters. The summed E-state index contributed by atoms with van der Waals surface area (Å²) in [5, 5.41) is 10.4. The molecule has 6 heteroatoms. The predicted octanol–water partition coefficient (Wildman–Crippen LogP) is 4.30. The van der Waals surface area contributed by atoms with Crippen molar-refractivity contribution in [1.82, 2.24) is 9.97 Å². The van der Waals surface area contributed by atoms with Crippen molar-refractivity contribution in [1.29, 1.82) is 0 Å². The SMILES string of the molecule is O=C(O)c1cc(-c2ccncc2)nc2c(Cl)c(Cl)ccc12. The molecule has 0 aliphatic rings. The van der Waals surface area contributed by atoms with Crippen LogP contribution in [-0.4, -0.2) is 21.0 Å². The van der Waals surface area contributed by atoms with Gasteiger partial charge in [-0.1, -0.05) is 29.3 Å². The van der Waals surface area contributed by atoms with Crippen LogP contribution < -0.4 is 0 Å². The molecule has 2 heterocycles. The summed E-state index contributed by atoms with van der Waals surface area (Å²) in [6.45, 7) is 0. The largest absolute Gasteiger partial charge is 0.478 e. The first kappa shape index (κ1) is 13.8. The first-order valence-corrected chi connectivity index (χ1v) is 6.76. The number of benzene rings is 1. The van der Waals surface area contributed by atoms with Crippen LogP contribution in [0.4, 0.5) is 0 Å². The highest BCUT2D eigenvalue weighted by atomic mass is 35.5. The molecule has 2 aromatic heterocycles. The molecule has 3 rings (SSSR count). The maximum absolute atomic E-state index is 11.5. The molecule has 4 nitrogen and oxygen atoms in total. The van der Waals surface area contributed by atoms with E-state index in [9.17, 15) is 9.90 Å². The number of halogens is 2. The standard InChI is InChI=1S/C15H8Cl2N2O2/c16-11-2-1-9-10(15(20)21)7-12(19-14(9)13(11)17)8-3-5-18-6-4-8/h1-7H,(H,20,21). The number of hydrogen-bond acceptors (Lipinski definition) is 3. The molecule has 0 saturated carbocycles. The van der Waals surface area contributed by atoms with Gasteiger partial charge < -0.3 is 5.11 Å². The fourth-order valence-corrected chi connectivity index (χ4v) is 2.44. The van der Waals surface area contributed by atoms with Crippen LogP contribution in [0.15, 0.2) is 42.7 Å². The summed E-state index contributed by atoms with van der Waals surface area (Å²) in [5.74, 6) is -1.05. The van der Waals surface area contributed by atoms with Gasteiger partial charge in [0.2, 0.25) is 0 Å². The molecule has 1 N–H and O–H groups in total. The van der Waals surface area contributed by atoms with Crippen molar-refractivity contribution in [3.8, 4) is 11.3 Å². The van der Waals surface area contributed by atoms with Crippen molar-refractivity contribution in [3.63, 3.8) is 0 Å². The second-order valence-electron chi connectivity index (χ2n) is 4.35. The van der Waals surface area contributed by atoms with Crippen LogP contribution in [-0.2, 0) is 0 Å². The minimum atomic E-state index is -1.05. The third-order valence-electron chi connectivity index (χ3n) is 3.08. The summed E-state index contributed by atoms with van der Waals surface area (Å²) in [4.78, 5) is 19.9. The lowest BCUT2D eigenvalue weighted by atomic mass is 10.0. The lowest BCUT2D eigenvalue weighted by Gasteiger charge is -2.09. The van der Waals surface area contributed by atoms with Crippen molar-refractivity contribution in [3.05, 3.63) is 58.3 Å². The van der Waals surface area contributed by atoms with Crippen molar-refractivity contribution in [2.75, 3.05) is 0 Å². The molecular weight excluding hydrogens is 311 g/mol. The van der Waals surface area contributed by atoms with Crippen LogP contribution >= 0.6 is 23.2 Å². The first-order chi connectivity index (χ1) is 10.1. The predicted molar refractivity (Wildman–Crippen MR) is 82.0 cm³/mol. The van der Waals surface area contributed by atoms with Crippen LogP contribution in [0.3, 0.4) is 0 Å². The molecule has 0 aliphatic carbocycles. The molecule has 3 aromatic rings. The fourth-order valence-electron chi connectivity index (χ4n) is 2.08. The average molecular weight is 319 g/mol. The summed E-state index contributed by atoms with van der Waals surface area (Å²) in [5.41, 5.74) is 1.76. The Kier molecular flexibility index (Phi) is 3.49. The second-order valence-corrected chi connectivity index (χ2v) is 5.14. The number of hydrogen-bond donors (Lipinski definition) is 1. The molecule has 21 heavy (non-hydrogen) atoms. The fraction of sp³-hybridized carbons (Fsp3) is 0. The Hall–Kier alpha value is -2.17. The number of carboxylic acids is 1. The number of pyridine rings is 2. The number of carbonyl (C=O) groups is 1. The third-order valence-corrected chi connectivity index (χ3v) is 3.87. The highest BCUT2D eigenvalue weighted by Crippen LogP contribution is 2.33. The van der Waals surface area contributed by atoms with Crippen molar-refractivity contribution >= 4 is 40.1 Å². The van der Waals surface area contributed by atoms with Gasteiger partial charge in [0.05, 0.1) is 26.8 Å². The molecule has 104 valence electrons. The van der Waals surface area contributed by atoms with E-state index in [0.717, 1.165) is 5.56 Å². The number of fused-ring (bicyclic) bond motifs is 1. The molecule has 0 fully saturated rings. The Labute approximate surface area is 130 Å². The molecule has 0 aliphatic heterocycles. The highest BCUT2D eigenvalue weighted by Gasteiger charge is 2.16. The van der Waals surface area contributed by atoms with E-state index in [0.29, 0.717) is 21.6 Å². The van der Waals surface area contributed by atoms with Gasteiger partial charge in [-0.05, 0) is 24.3 Å². The van der Waals surface area contributed by atoms with Crippen LogP contribution in [0, 0.1) is 0 Å². The molecule has 0 spiro atoms. The van der Waals surface area contributed by atoms with E-state index in [1.54, 1.807) is 36.7 Å². The van der Waals surface area contributed by atoms with E-state index < -0.39 is 5.97 Å². The number of nitrogens with zero attached hydrogens (tertiary/aromatic N) is 2. The number of aromatic nitrogens is 2. The topological polar surface area (TPSA) is 63.1 Å². The van der Waals surface area contributed by atoms with Gasteiger partial charge in [-0.25, -0.2) is 9.78 Å². The van der Waals surface area contributed by atoms with E-state index in [2.05, 4.69) is 9.97 Å². The van der Waals surface area contributed by atoms with E-state index in [1.165, 1.54) is 6.07 Å². The maximum atomic E-state index is 11.5. The van der Waals surface area contributed by atoms with Crippen molar-refractivity contribution < 1.29 is 9.90 Å².